The molecule has 0 heterocycles. The topological polar surface area (TPSA) is 29.5 Å². The Balaban J connectivity index is 3.22. The summed E-state index contributed by atoms with van der Waals surface area (Å²) < 4.78 is 5.24. The molecule has 0 saturated carbocycles. The molecule has 0 aliphatic carbocycles. The van der Waals surface area contributed by atoms with E-state index in [4.69, 9.17) is 4.74 Å². The first-order valence-electron chi connectivity index (χ1n) is 4.56. The summed E-state index contributed by atoms with van der Waals surface area (Å²) in [4.78, 5) is 0. The van der Waals surface area contributed by atoms with Gasteiger partial charge < -0.3 is 9.84 Å². The summed E-state index contributed by atoms with van der Waals surface area (Å²) in [6.07, 6.45) is 1.74. The minimum atomic E-state index is -0.438. The third kappa shape index (κ3) is 1.80. The van der Waals surface area contributed by atoms with Crippen LogP contribution in [0.1, 0.15) is 12.5 Å². The Kier molecular flexibility index (Phi) is 3.31. The number of aliphatic hydroxyl groups excluding tert-OH is 1. The van der Waals surface area contributed by atoms with Gasteiger partial charge in [-0.2, -0.15) is 0 Å². The van der Waals surface area contributed by atoms with Crippen LogP contribution in [-0.2, 0) is 5.41 Å². The van der Waals surface area contributed by atoms with Gasteiger partial charge in [0.05, 0.1) is 13.7 Å². The lowest BCUT2D eigenvalue weighted by molar-refractivity contribution is 0.232. The van der Waals surface area contributed by atoms with Crippen molar-refractivity contribution in [2.24, 2.45) is 0 Å². The average Bonchev–Trinajstić information content (AvgIpc) is 2.28. The summed E-state index contributed by atoms with van der Waals surface area (Å²) in [5.74, 6) is 0.781. The van der Waals surface area contributed by atoms with Gasteiger partial charge in [-0.1, -0.05) is 24.3 Å². The smallest absolute Gasteiger partial charge is 0.123 e. The molecule has 0 amide bonds. The van der Waals surface area contributed by atoms with Crippen LogP contribution in [0, 0.1) is 0 Å². The highest BCUT2D eigenvalue weighted by Gasteiger charge is 2.24. The molecule has 1 rings (SSSR count). The van der Waals surface area contributed by atoms with Gasteiger partial charge in [0.2, 0.25) is 0 Å². The van der Waals surface area contributed by atoms with Crippen LogP contribution in [0.2, 0.25) is 0 Å². The average molecular weight is 192 g/mol. The van der Waals surface area contributed by atoms with Crippen LogP contribution in [0.4, 0.5) is 0 Å². The van der Waals surface area contributed by atoms with Crippen molar-refractivity contribution in [3.8, 4) is 5.75 Å². The van der Waals surface area contributed by atoms with E-state index >= 15 is 0 Å². The van der Waals surface area contributed by atoms with E-state index in [2.05, 4.69) is 6.58 Å². The predicted octanol–water partition coefficient (Wildman–Crippen LogP) is 2.13. The minimum absolute atomic E-state index is 0.0247. The molecular formula is C12H16O2. The first kappa shape index (κ1) is 10.8. The fraction of sp³-hybridized carbons (Fsp3) is 0.333. The van der Waals surface area contributed by atoms with Crippen molar-refractivity contribution < 1.29 is 9.84 Å². The molecule has 14 heavy (non-hydrogen) atoms. The molecule has 0 bridgehead atoms. The maximum atomic E-state index is 9.33. The second kappa shape index (κ2) is 4.29. The lowest BCUT2D eigenvalue weighted by Gasteiger charge is -2.25. The lowest BCUT2D eigenvalue weighted by atomic mass is 9.83. The number of para-hydroxylation sites is 1. The van der Waals surface area contributed by atoms with Gasteiger partial charge in [0, 0.05) is 11.0 Å². The van der Waals surface area contributed by atoms with Crippen LogP contribution in [0.3, 0.4) is 0 Å². The summed E-state index contributed by atoms with van der Waals surface area (Å²) in [6.45, 7) is 5.69. The first-order chi connectivity index (χ1) is 6.68. The molecule has 2 nitrogen and oxygen atoms in total. The Morgan fingerprint density at radius 3 is 2.64 bits per heavy atom. The van der Waals surface area contributed by atoms with E-state index in [0.29, 0.717) is 0 Å². The molecule has 0 aromatic heterocycles. The molecule has 76 valence electrons. The second-order valence-corrected chi connectivity index (χ2v) is 3.48. The van der Waals surface area contributed by atoms with Crippen molar-refractivity contribution in [1.29, 1.82) is 0 Å². The summed E-state index contributed by atoms with van der Waals surface area (Å²) in [6, 6.07) is 7.65. The highest BCUT2D eigenvalue weighted by molar-refractivity contribution is 5.41. The van der Waals surface area contributed by atoms with E-state index < -0.39 is 5.41 Å². The zero-order chi connectivity index (χ0) is 10.6. The van der Waals surface area contributed by atoms with E-state index in [0.717, 1.165) is 11.3 Å². The number of benzene rings is 1. The van der Waals surface area contributed by atoms with E-state index in [9.17, 15) is 5.11 Å². The van der Waals surface area contributed by atoms with Crippen LogP contribution in [0.5, 0.6) is 5.75 Å². The molecule has 0 spiro atoms. The number of rotatable bonds is 4. The molecule has 2 heteroatoms. The molecule has 0 radical (unpaired) electrons. The Morgan fingerprint density at radius 2 is 2.14 bits per heavy atom. The zero-order valence-corrected chi connectivity index (χ0v) is 8.66. The molecule has 1 aromatic carbocycles. The maximum Gasteiger partial charge on any atom is 0.123 e. The van der Waals surface area contributed by atoms with Gasteiger partial charge in [0.25, 0.3) is 0 Å². The molecular weight excluding hydrogens is 176 g/mol. The number of ether oxygens (including phenoxy) is 1. The number of aliphatic hydroxyl groups is 1. The lowest BCUT2D eigenvalue weighted by Crippen LogP contribution is -2.24. The SMILES string of the molecule is C=C[C@@](C)(CO)c1ccccc1OC. The molecule has 0 unspecified atom stereocenters. The van der Waals surface area contributed by atoms with E-state index in [-0.39, 0.29) is 6.61 Å². The molecule has 0 fully saturated rings. The summed E-state index contributed by atoms with van der Waals surface area (Å²) in [5, 5.41) is 9.33. The van der Waals surface area contributed by atoms with Crippen molar-refractivity contribution in [3.05, 3.63) is 42.5 Å². The fourth-order valence-electron chi connectivity index (χ4n) is 1.38. The molecule has 0 saturated heterocycles. The monoisotopic (exact) mass is 192 g/mol. The Bertz CT molecular complexity index is 320. The Morgan fingerprint density at radius 1 is 1.50 bits per heavy atom. The fourth-order valence-corrected chi connectivity index (χ4v) is 1.38. The van der Waals surface area contributed by atoms with Gasteiger partial charge in [0.1, 0.15) is 5.75 Å². The molecule has 1 aromatic rings. The van der Waals surface area contributed by atoms with Crippen molar-refractivity contribution in [1.82, 2.24) is 0 Å². The Labute approximate surface area is 84.8 Å². The Hall–Kier alpha value is -1.28. The molecule has 1 atom stereocenters. The summed E-state index contributed by atoms with van der Waals surface area (Å²) >= 11 is 0. The molecule has 0 aliphatic rings. The van der Waals surface area contributed by atoms with Crippen LogP contribution in [-0.4, -0.2) is 18.8 Å². The van der Waals surface area contributed by atoms with Crippen LogP contribution >= 0.6 is 0 Å². The highest BCUT2D eigenvalue weighted by atomic mass is 16.5. The van der Waals surface area contributed by atoms with E-state index in [1.165, 1.54) is 0 Å². The van der Waals surface area contributed by atoms with Crippen LogP contribution < -0.4 is 4.74 Å². The predicted molar refractivity (Wildman–Crippen MR) is 57.6 cm³/mol. The number of hydrogen-bond acceptors (Lipinski definition) is 2. The third-order valence-electron chi connectivity index (χ3n) is 2.50. The standard InChI is InChI=1S/C12H16O2/c1-4-12(2,9-13)10-7-5-6-8-11(10)14-3/h4-8,13H,1,9H2,2-3H3/t12-/m0/s1. The second-order valence-electron chi connectivity index (χ2n) is 3.48. The third-order valence-corrected chi connectivity index (χ3v) is 2.50. The maximum absolute atomic E-state index is 9.33. The zero-order valence-electron chi connectivity index (χ0n) is 8.66. The molecule has 0 aliphatic heterocycles. The van der Waals surface area contributed by atoms with Gasteiger partial charge in [-0.3, -0.25) is 0 Å². The first-order valence-corrected chi connectivity index (χ1v) is 4.56. The van der Waals surface area contributed by atoms with Crippen molar-refractivity contribution in [2.75, 3.05) is 13.7 Å². The van der Waals surface area contributed by atoms with Gasteiger partial charge in [-0.05, 0) is 13.0 Å². The van der Waals surface area contributed by atoms with Gasteiger partial charge in [0.15, 0.2) is 0 Å². The van der Waals surface area contributed by atoms with Crippen molar-refractivity contribution >= 4 is 0 Å². The van der Waals surface area contributed by atoms with Gasteiger partial charge in [-0.25, -0.2) is 0 Å². The van der Waals surface area contributed by atoms with Crippen LogP contribution in [0.15, 0.2) is 36.9 Å². The highest BCUT2D eigenvalue weighted by Crippen LogP contribution is 2.31. The van der Waals surface area contributed by atoms with Crippen molar-refractivity contribution in [3.63, 3.8) is 0 Å². The quantitative estimate of drug-likeness (QED) is 0.740. The van der Waals surface area contributed by atoms with E-state index in [1.807, 2.05) is 31.2 Å². The van der Waals surface area contributed by atoms with Crippen molar-refractivity contribution in [2.45, 2.75) is 12.3 Å². The minimum Gasteiger partial charge on any atom is -0.496 e. The van der Waals surface area contributed by atoms with Gasteiger partial charge >= 0.3 is 0 Å². The molecule has 1 N–H and O–H groups in total. The number of hydrogen-bond donors (Lipinski definition) is 1. The largest absolute Gasteiger partial charge is 0.496 e. The van der Waals surface area contributed by atoms with Crippen LogP contribution in [0.25, 0.3) is 0 Å². The van der Waals surface area contributed by atoms with Gasteiger partial charge in [-0.15, -0.1) is 6.58 Å². The normalized spacial score (nSPS) is 14.5. The number of methoxy groups -OCH3 is 1. The van der Waals surface area contributed by atoms with E-state index in [1.54, 1.807) is 13.2 Å². The summed E-state index contributed by atoms with van der Waals surface area (Å²) in [7, 11) is 1.62. The summed E-state index contributed by atoms with van der Waals surface area (Å²) in [5.41, 5.74) is 0.520.